The van der Waals surface area contributed by atoms with Crippen molar-refractivity contribution in [3.8, 4) is 0 Å². The first-order valence-electron chi connectivity index (χ1n) is 10.2. The summed E-state index contributed by atoms with van der Waals surface area (Å²) >= 11 is 0. The van der Waals surface area contributed by atoms with Crippen LogP contribution in [0.5, 0.6) is 0 Å². The van der Waals surface area contributed by atoms with Crippen LogP contribution in [-0.4, -0.2) is 33.9 Å². The smallest absolute Gasteiger partial charge is 0.338 e. The second-order valence-corrected chi connectivity index (χ2v) is 7.92. The number of ether oxygens (including phenoxy) is 2. The number of hydrogen-bond donors (Lipinski definition) is 0. The largest absolute Gasteiger partial charge is 0.462 e. The third kappa shape index (κ3) is 6.17. The van der Waals surface area contributed by atoms with Crippen LogP contribution in [0, 0.1) is 0 Å². The molecule has 29 heavy (non-hydrogen) atoms. The van der Waals surface area contributed by atoms with Crippen LogP contribution in [0.3, 0.4) is 0 Å². The number of hydrogen-bond acceptors (Lipinski definition) is 5. The second-order valence-electron chi connectivity index (χ2n) is 7.92. The molecule has 0 saturated heterocycles. The zero-order valence-corrected chi connectivity index (χ0v) is 18.4. The molecule has 0 aliphatic heterocycles. The molecule has 2 aromatic rings. The molecule has 0 radical (unpaired) electrons. The lowest BCUT2D eigenvalue weighted by atomic mass is 10.1. The molecule has 0 amide bonds. The van der Waals surface area contributed by atoms with Crippen molar-refractivity contribution in [3.05, 3.63) is 52.3 Å². The van der Waals surface area contributed by atoms with Crippen molar-refractivity contribution in [3.63, 3.8) is 0 Å². The highest BCUT2D eigenvalue weighted by atomic mass is 16.6. The Balaban J connectivity index is 2.24. The molecule has 0 unspecified atom stereocenters. The van der Waals surface area contributed by atoms with Crippen molar-refractivity contribution in [2.24, 2.45) is 0 Å². The van der Waals surface area contributed by atoms with Crippen LogP contribution in [0.2, 0.25) is 0 Å². The van der Waals surface area contributed by atoms with Crippen LogP contribution in [0.15, 0.2) is 24.3 Å². The Morgan fingerprint density at radius 3 is 2.21 bits per heavy atom. The topological polar surface area (TPSA) is 70.4 Å². The van der Waals surface area contributed by atoms with Gasteiger partial charge >= 0.3 is 11.9 Å². The molecule has 1 heterocycles. The summed E-state index contributed by atoms with van der Waals surface area (Å²) in [6.45, 7) is 12.4. The molecule has 0 N–H and O–H groups in total. The normalized spacial score (nSPS) is 11.4. The fourth-order valence-corrected chi connectivity index (χ4v) is 3.26. The molecule has 0 bridgehead atoms. The van der Waals surface area contributed by atoms with Crippen molar-refractivity contribution in [1.82, 2.24) is 9.78 Å². The van der Waals surface area contributed by atoms with Gasteiger partial charge in [-0.3, -0.25) is 9.48 Å². The summed E-state index contributed by atoms with van der Waals surface area (Å²) in [5.41, 5.74) is 3.99. The number of rotatable bonds is 8. The van der Waals surface area contributed by atoms with E-state index in [4.69, 9.17) is 14.6 Å². The summed E-state index contributed by atoms with van der Waals surface area (Å²) in [6, 6.07) is 7.36. The minimum absolute atomic E-state index is 0.228. The lowest BCUT2D eigenvalue weighted by Crippen LogP contribution is -2.25. The van der Waals surface area contributed by atoms with Gasteiger partial charge in [-0.1, -0.05) is 26.0 Å². The third-order valence-corrected chi connectivity index (χ3v) is 4.46. The van der Waals surface area contributed by atoms with E-state index in [0.29, 0.717) is 18.7 Å². The van der Waals surface area contributed by atoms with Gasteiger partial charge in [-0.25, -0.2) is 4.79 Å². The van der Waals surface area contributed by atoms with Gasteiger partial charge in [-0.2, -0.15) is 5.10 Å². The number of nitrogens with zero attached hydrogens (tertiary/aromatic N) is 2. The van der Waals surface area contributed by atoms with Crippen molar-refractivity contribution >= 4 is 11.9 Å². The third-order valence-electron chi connectivity index (χ3n) is 4.46. The summed E-state index contributed by atoms with van der Waals surface area (Å²) < 4.78 is 12.5. The van der Waals surface area contributed by atoms with E-state index >= 15 is 0 Å². The van der Waals surface area contributed by atoms with E-state index in [1.54, 1.807) is 19.1 Å². The molecule has 0 aliphatic carbocycles. The standard InChI is InChI=1S/C23H32N2O4/c1-7-19-18(14-21(26)29-23(4,5)6)20(8-2)25(24-19)15-16-10-12-17(13-11-16)22(27)28-9-3/h10-13H,7-9,14-15H2,1-6H3. The number of aromatic nitrogens is 2. The van der Waals surface area contributed by atoms with Gasteiger partial charge in [0.2, 0.25) is 0 Å². The van der Waals surface area contributed by atoms with Gasteiger partial charge in [0, 0.05) is 11.3 Å². The minimum atomic E-state index is -0.507. The number of benzene rings is 1. The van der Waals surface area contributed by atoms with Gasteiger partial charge in [-0.05, 0) is 58.2 Å². The zero-order valence-electron chi connectivity index (χ0n) is 18.4. The van der Waals surface area contributed by atoms with Crippen LogP contribution < -0.4 is 0 Å². The molecule has 2 rings (SSSR count). The van der Waals surface area contributed by atoms with Gasteiger partial charge in [-0.15, -0.1) is 0 Å². The van der Waals surface area contributed by atoms with Crippen LogP contribution >= 0.6 is 0 Å². The highest BCUT2D eigenvalue weighted by Gasteiger charge is 2.22. The van der Waals surface area contributed by atoms with Crippen LogP contribution in [0.1, 0.15) is 74.4 Å². The minimum Gasteiger partial charge on any atom is -0.462 e. The van der Waals surface area contributed by atoms with Crippen LogP contribution in [-0.2, 0) is 40.1 Å². The van der Waals surface area contributed by atoms with Crippen LogP contribution in [0.25, 0.3) is 0 Å². The molecule has 0 atom stereocenters. The average Bonchev–Trinajstić information content (AvgIpc) is 2.97. The molecular formula is C23H32N2O4. The Morgan fingerprint density at radius 1 is 1.03 bits per heavy atom. The molecule has 6 heteroatoms. The van der Waals surface area contributed by atoms with Gasteiger partial charge in [0.15, 0.2) is 0 Å². The van der Waals surface area contributed by atoms with E-state index < -0.39 is 5.60 Å². The predicted molar refractivity (Wildman–Crippen MR) is 112 cm³/mol. The summed E-state index contributed by atoms with van der Waals surface area (Å²) in [5.74, 6) is -0.555. The van der Waals surface area contributed by atoms with Crippen molar-refractivity contribution in [2.75, 3.05) is 6.61 Å². The van der Waals surface area contributed by atoms with Crippen LogP contribution in [0.4, 0.5) is 0 Å². The highest BCUT2D eigenvalue weighted by molar-refractivity contribution is 5.89. The molecule has 0 saturated carbocycles. The van der Waals surface area contributed by atoms with Crippen molar-refractivity contribution < 1.29 is 19.1 Å². The first-order chi connectivity index (χ1) is 13.7. The Hall–Kier alpha value is -2.63. The Kier molecular flexibility index (Phi) is 7.59. The van der Waals surface area contributed by atoms with E-state index in [9.17, 15) is 9.59 Å². The van der Waals surface area contributed by atoms with E-state index in [0.717, 1.165) is 35.4 Å². The van der Waals surface area contributed by atoms with Gasteiger partial charge < -0.3 is 9.47 Å². The van der Waals surface area contributed by atoms with Gasteiger partial charge in [0.05, 0.1) is 30.8 Å². The van der Waals surface area contributed by atoms with Gasteiger partial charge in [0.25, 0.3) is 0 Å². The van der Waals surface area contributed by atoms with Crippen molar-refractivity contribution in [2.45, 2.75) is 73.0 Å². The van der Waals surface area contributed by atoms with E-state index in [1.807, 2.05) is 44.5 Å². The fourth-order valence-electron chi connectivity index (χ4n) is 3.26. The summed E-state index contributed by atoms with van der Waals surface area (Å²) in [7, 11) is 0. The highest BCUT2D eigenvalue weighted by Crippen LogP contribution is 2.20. The Labute approximate surface area is 173 Å². The number of carbonyl (C=O) groups excluding carboxylic acids is 2. The summed E-state index contributed by atoms with van der Waals surface area (Å²) in [6.07, 6.45) is 1.75. The Bertz CT molecular complexity index is 845. The lowest BCUT2D eigenvalue weighted by molar-refractivity contribution is -0.153. The molecule has 1 aromatic carbocycles. The maximum Gasteiger partial charge on any atom is 0.338 e. The molecule has 1 aromatic heterocycles. The summed E-state index contributed by atoms with van der Waals surface area (Å²) in [5, 5.41) is 4.75. The lowest BCUT2D eigenvalue weighted by Gasteiger charge is -2.19. The SMILES string of the molecule is CCOC(=O)c1ccc(Cn2nc(CC)c(CC(=O)OC(C)(C)C)c2CC)cc1. The van der Waals surface area contributed by atoms with Gasteiger partial charge in [0.1, 0.15) is 5.60 Å². The quantitative estimate of drug-likeness (QED) is 0.624. The molecular weight excluding hydrogens is 368 g/mol. The number of esters is 2. The molecule has 0 spiro atoms. The predicted octanol–water partition coefficient (Wildman–Crippen LogP) is 4.12. The first kappa shape index (κ1) is 22.7. The van der Waals surface area contributed by atoms with Crippen molar-refractivity contribution in [1.29, 1.82) is 0 Å². The Morgan fingerprint density at radius 2 is 1.69 bits per heavy atom. The maximum absolute atomic E-state index is 12.4. The van der Waals surface area contributed by atoms with E-state index in [1.165, 1.54) is 0 Å². The first-order valence-corrected chi connectivity index (χ1v) is 10.2. The maximum atomic E-state index is 12.4. The zero-order chi connectivity index (χ0) is 21.6. The fraction of sp³-hybridized carbons (Fsp3) is 0.522. The molecule has 0 fully saturated rings. The monoisotopic (exact) mass is 400 g/mol. The molecule has 6 nitrogen and oxygen atoms in total. The van der Waals surface area contributed by atoms with E-state index in [-0.39, 0.29) is 18.4 Å². The molecule has 158 valence electrons. The average molecular weight is 401 g/mol. The second kappa shape index (κ2) is 9.72. The van der Waals surface area contributed by atoms with E-state index in [2.05, 4.69) is 6.92 Å². The molecule has 0 aliphatic rings. The number of carbonyl (C=O) groups is 2. The summed E-state index contributed by atoms with van der Waals surface area (Å²) in [4.78, 5) is 24.2. The number of aryl methyl sites for hydroxylation is 1.